The second-order valence-corrected chi connectivity index (χ2v) is 5.81. The van der Waals surface area contributed by atoms with Gasteiger partial charge in [0.2, 0.25) is 0 Å². The first kappa shape index (κ1) is 20.1. The highest BCUT2D eigenvalue weighted by Crippen LogP contribution is 2.34. The molecule has 2 N–H and O–H groups in total. The minimum absolute atomic E-state index is 0.124. The maximum Gasteiger partial charge on any atom is 0.417 e. The van der Waals surface area contributed by atoms with Crippen molar-refractivity contribution in [2.45, 2.75) is 19.1 Å². The van der Waals surface area contributed by atoms with Gasteiger partial charge in [0.1, 0.15) is 12.4 Å². The molecule has 0 saturated heterocycles. The van der Waals surface area contributed by atoms with Gasteiger partial charge in [0, 0.05) is 6.20 Å². The molecule has 0 saturated carbocycles. The van der Waals surface area contributed by atoms with E-state index < -0.39 is 11.7 Å². The lowest BCUT2D eigenvalue weighted by atomic mass is 10.1. The third-order valence-corrected chi connectivity index (χ3v) is 3.85. The average molecular weight is 391 g/mol. The zero-order valence-corrected chi connectivity index (χ0v) is 14.9. The number of nitrogens with zero attached hydrogens (tertiary/aromatic N) is 1. The third-order valence-electron chi connectivity index (χ3n) is 3.56. The van der Waals surface area contributed by atoms with Gasteiger partial charge in [0.25, 0.3) is 0 Å². The molecule has 1 atom stereocenters. The monoisotopic (exact) mass is 390 g/mol. The number of aromatic nitrogens is 1. The van der Waals surface area contributed by atoms with Gasteiger partial charge >= 0.3 is 6.18 Å². The highest BCUT2D eigenvalue weighted by atomic mass is 35.5. The van der Waals surface area contributed by atoms with E-state index in [1.807, 2.05) is 0 Å². The highest BCUT2D eigenvalue weighted by molar-refractivity contribution is 6.33. The molecule has 0 aliphatic carbocycles. The minimum atomic E-state index is -4.50. The summed E-state index contributed by atoms with van der Waals surface area (Å²) in [6, 6.07) is 5.70. The van der Waals surface area contributed by atoms with Crippen LogP contribution in [-0.4, -0.2) is 30.4 Å². The number of pyridine rings is 1. The first-order chi connectivity index (χ1) is 12.3. The Labute approximate surface area is 153 Å². The van der Waals surface area contributed by atoms with Crippen LogP contribution in [0.5, 0.6) is 11.5 Å². The van der Waals surface area contributed by atoms with Crippen molar-refractivity contribution >= 4 is 17.4 Å². The number of benzene rings is 1. The zero-order valence-electron chi connectivity index (χ0n) is 14.1. The number of methoxy groups -OCH3 is 1. The molecule has 0 amide bonds. The molecule has 0 unspecified atom stereocenters. The lowest BCUT2D eigenvalue weighted by Gasteiger charge is -2.18. The molecular weight excluding hydrogens is 373 g/mol. The van der Waals surface area contributed by atoms with E-state index in [0.717, 1.165) is 17.8 Å². The minimum Gasteiger partial charge on any atom is -0.493 e. The summed E-state index contributed by atoms with van der Waals surface area (Å²) in [6.45, 7) is 1.81. The molecule has 26 heavy (non-hydrogen) atoms. The average Bonchev–Trinajstić information content (AvgIpc) is 2.60. The summed E-state index contributed by atoms with van der Waals surface area (Å²) in [5.74, 6) is 1.09. The molecule has 2 rings (SSSR count). The molecule has 1 heterocycles. The van der Waals surface area contributed by atoms with E-state index in [0.29, 0.717) is 11.5 Å². The van der Waals surface area contributed by atoms with Gasteiger partial charge in [-0.25, -0.2) is 4.98 Å². The van der Waals surface area contributed by atoms with Crippen LogP contribution in [0.1, 0.15) is 24.1 Å². The molecule has 5 nitrogen and oxygen atoms in total. The van der Waals surface area contributed by atoms with Gasteiger partial charge in [-0.3, -0.25) is 0 Å². The van der Waals surface area contributed by atoms with Gasteiger partial charge in [-0.2, -0.15) is 13.2 Å². The van der Waals surface area contributed by atoms with Crippen LogP contribution in [0.15, 0.2) is 30.5 Å². The molecule has 142 valence electrons. The van der Waals surface area contributed by atoms with E-state index >= 15 is 0 Å². The molecule has 0 aliphatic heterocycles. The van der Waals surface area contributed by atoms with Gasteiger partial charge < -0.3 is 19.9 Å². The van der Waals surface area contributed by atoms with Gasteiger partial charge in [0.15, 0.2) is 11.5 Å². The Bertz CT molecular complexity index is 757. The number of rotatable bonds is 7. The molecular formula is C17H18ClF3N2O3. The summed E-state index contributed by atoms with van der Waals surface area (Å²) in [6.07, 6.45) is -3.77. The summed E-state index contributed by atoms with van der Waals surface area (Å²) in [7, 11) is 1.48. The smallest absolute Gasteiger partial charge is 0.417 e. The molecule has 0 bridgehead atoms. The first-order valence-corrected chi connectivity index (χ1v) is 8.05. The number of ether oxygens (including phenoxy) is 2. The number of hydrogen-bond donors (Lipinski definition) is 2. The molecule has 0 fully saturated rings. The maximum absolute atomic E-state index is 12.7. The van der Waals surface area contributed by atoms with E-state index in [1.54, 1.807) is 25.1 Å². The summed E-state index contributed by atoms with van der Waals surface area (Å²) in [5, 5.41) is 11.7. The number of aliphatic hydroxyl groups excluding tert-OH is 1. The van der Waals surface area contributed by atoms with Crippen molar-refractivity contribution in [3.05, 3.63) is 46.6 Å². The zero-order chi connectivity index (χ0) is 19.3. The van der Waals surface area contributed by atoms with Crippen LogP contribution in [0, 0.1) is 0 Å². The predicted molar refractivity (Wildman–Crippen MR) is 91.9 cm³/mol. The van der Waals surface area contributed by atoms with Crippen LogP contribution in [0.3, 0.4) is 0 Å². The Kier molecular flexibility index (Phi) is 6.55. The van der Waals surface area contributed by atoms with Crippen LogP contribution in [0.4, 0.5) is 19.0 Å². The molecule has 0 aliphatic rings. The van der Waals surface area contributed by atoms with Crippen molar-refractivity contribution < 1.29 is 27.8 Å². The van der Waals surface area contributed by atoms with E-state index in [1.165, 1.54) is 7.11 Å². The van der Waals surface area contributed by atoms with Crippen LogP contribution >= 0.6 is 11.6 Å². The molecule has 1 aromatic carbocycles. The predicted octanol–water partition coefficient (Wildman–Crippen LogP) is 4.31. The first-order valence-electron chi connectivity index (χ1n) is 7.67. The third kappa shape index (κ3) is 4.92. The Morgan fingerprint density at radius 3 is 2.58 bits per heavy atom. The van der Waals surface area contributed by atoms with Gasteiger partial charge in [-0.05, 0) is 30.7 Å². The van der Waals surface area contributed by atoms with Gasteiger partial charge in [-0.15, -0.1) is 0 Å². The van der Waals surface area contributed by atoms with Crippen molar-refractivity contribution in [3.8, 4) is 11.5 Å². The summed E-state index contributed by atoms with van der Waals surface area (Å²) < 4.78 is 48.6. The molecule has 0 spiro atoms. The fraction of sp³-hybridized carbons (Fsp3) is 0.353. The van der Waals surface area contributed by atoms with E-state index in [4.69, 9.17) is 26.2 Å². The number of aliphatic hydroxyl groups is 1. The topological polar surface area (TPSA) is 63.6 Å². The van der Waals surface area contributed by atoms with Crippen molar-refractivity contribution in [2.75, 3.05) is 25.6 Å². The number of anilines is 1. The molecule has 1 aromatic heterocycles. The van der Waals surface area contributed by atoms with Crippen LogP contribution in [0.2, 0.25) is 5.02 Å². The fourth-order valence-electron chi connectivity index (χ4n) is 2.22. The highest BCUT2D eigenvalue weighted by Gasteiger charge is 2.31. The lowest BCUT2D eigenvalue weighted by molar-refractivity contribution is -0.137. The van der Waals surface area contributed by atoms with E-state index in [9.17, 15) is 13.2 Å². The quantitative estimate of drug-likeness (QED) is 0.737. The Balaban J connectivity index is 2.18. The largest absolute Gasteiger partial charge is 0.493 e. The number of nitrogens with one attached hydrogen (secondary N) is 1. The van der Waals surface area contributed by atoms with Crippen molar-refractivity contribution in [2.24, 2.45) is 0 Å². The second kappa shape index (κ2) is 8.46. The van der Waals surface area contributed by atoms with Gasteiger partial charge in [0.05, 0.1) is 30.3 Å². The Hall–Kier alpha value is -2.19. The summed E-state index contributed by atoms with van der Waals surface area (Å²) >= 11 is 5.91. The molecule has 9 heteroatoms. The number of hydrogen-bond acceptors (Lipinski definition) is 5. The summed E-state index contributed by atoms with van der Waals surface area (Å²) in [5.41, 5.74) is -0.122. The Morgan fingerprint density at radius 2 is 2.00 bits per heavy atom. The standard InChI is InChI=1S/C17H18ClF3N2O3/c1-10(11-3-4-14(26-6-5-24)15(7-11)25-2)23-16-13(18)8-12(9-22-16)17(19,20)21/h3-4,7-10,24H,5-6H2,1-2H3,(H,22,23)/t10-/m1/s1. The number of halogens is 4. The van der Waals surface area contributed by atoms with Crippen LogP contribution in [-0.2, 0) is 6.18 Å². The van der Waals surface area contributed by atoms with Crippen LogP contribution in [0.25, 0.3) is 0 Å². The normalized spacial score (nSPS) is 12.6. The van der Waals surface area contributed by atoms with Gasteiger partial charge in [-0.1, -0.05) is 17.7 Å². The SMILES string of the molecule is COc1cc([C@@H](C)Nc2ncc(C(F)(F)F)cc2Cl)ccc1OCCO. The van der Waals surface area contributed by atoms with E-state index in [-0.39, 0.29) is 30.1 Å². The fourth-order valence-corrected chi connectivity index (χ4v) is 2.44. The van der Waals surface area contributed by atoms with Crippen LogP contribution < -0.4 is 14.8 Å². The number of alkyl halides is 3. The second-order valence-electron chi connectivity index (χ2n) is 5.40. The lowest BCUT2D eigenvalue weighted by Crippen LogP contribution is -2.11. The molecule has 2 aromatic rings. The molecule has 0 radical (unpaired) electrons. The summed E-state index contributed by atoms with van der Waals surface area (Å²) in [4.78, 5) is 3.76. The maximum atomic E-state index is 12.7. The van der Waals surface area contributed by atoms with Crippen molar-refractivity contribution in [3.63, 3.8) is 0 Å². The van der Waals surface area contributed by atoms with Crippen molar-refractivity contribution in [1.29, 1.82) is 0 Å². The Morgan fingerprint density at radius 1 is 1.27 bits per heavy atom. The van der Waals surface area contributed by atoms with Crippen molar-refractivity contribution in [1.82, 2.24) is 4.98 Å². The van der Waals surface area contributed by atoms with E-state index in [2.05, 4.69) is 10.3 Å².